The molecule has 0 aliphatic carbocycles. The summed E-state index contributed by atoms with van der Waals surface area (Å²) in [6.07, 6.45) is 0. The van der Waals surface area contributed by atoms with E-state index < -0.39 is 0 Å². The molecule has 0 amide bonds. The van der Waals surface area contributed by atoms with Crippen LogP contribution in [-0.2, 0) is 5.75 Å². The first-order chi connectivity index (χ1) is 13.4. The van der Waals surface area contributed by atoms with Crippen LogP contribution in [0, 0.1) is 26.6 Å². The van der Waals surface area contributed by atoms with E-state index in [2.05, 4.69) is 42.0 Å². The highest BCUT2D eigenvalue weighted by Gasteiger charge is 2.17. The smallest absolute Gasteiger partial charge is 0.260 e. The minimum absolute atomic E-state index is 0.155. The Kier molecular flexibility index (Phi) is 5.08. The molecule has 6 heteroatoms. The van der Waals surface area contributed by atoms with Gasteiger partial charge in [-0.25, -0.2) is 9.37 Å². The number of rotatable bonds is 4. The minimum atomic E-state index is -0.293. The van der Waals surface area contributed by atoms with Crippen molar-refractivity contribution in [3.63, 3.8) is 0 Å². The number of nitrogens with zero attached hydrogens (tertiary/aromatic N) is 1. The molecule has 0 fully saturated rings. The van der Waals surface area contributed by atoms with Crippen LogP contribution in [0.15, 0.2) is 52.4 Å². The second-order valence-electron chi connectivity index (χ2n) is 6.81. The Bertz CT molecular complexity index is 1230. The summed E-state index contributed by atoms with van der Waals surface area (Å²) in [6.45, 7) is 6.13. The third kappa shape index (κ3) is 3.62. The van der Waals surface area contributed by atoms with Gasteiger partial charge in [-0.3, -0.25) is 4.79 Å². The zero-order chi connectivity index (χ0) is 19.8. The largest absolute Gasteiger partial charge is 0.301 e. The van der Waals surface area contributed by atoms with E-state index in [1.54, 1.807) is 12.1 Å². The fourth-order valence-corrected chi connectivity index (χ4v) is 5.26. The molecular formula is C22H19FN2OS2. The molecule has 0 radical (unpaired) electrons. The molecule has 2 aromatic heterocycles. The van der Waals surface area contributed by atoms with Gasteiger partial charge in [-0.05, 0) is 49.6 Å². The van der Waals surface area contributed by atoms with Gasteiger partial charge in [0.2, 0.25) is 0 Å². The number of fused-ring (bicyclic) bond motifs is 1. The summed E-state index contributed by atoms with van der Waals surface area (Å²) in [5, 5.41) is 1.19. The summed E-state index contributed by atoms with van der Waals surface area (Å²) in [5.41, 5.74) is 5.19. The summed E-state index contributed by atoms with van der Waals surface area (Å²) in [4.78, 5) is 22.1. The van der Waals surface area contributed by atoms with Crippen LogP contribution < -0.4 is 5.56 Å². The molecule has 28 heavy (non-hydrogen) atoms. The topological polar surface area (TPSA) is 45.8 Å². The van der Waals surface area contributed by atoms with Gasteiger partial charge >= 0.3 is 0 Å². The summed E-state index contributed by atoms with van der Waals surface area (Å²) in [5.74, 6) is 0.454. The molecule has 0 aliphatic heterocycles. The molecule has 0 atom stereocenters. The maximum atomic E-state index is 13.3. The van der Waals surface area contributed by atoms with Gasteiger partial charge in [-0.2, -0.15) is 0 Å². The lowest BCUT2D eigenvalue weighted by molar-refractivity contribution is 0.628. The first-order valence-corrected chi connectivity index (χ1v) is 10.7. The molecule has 0 unspecified atom stereocenters. The van der Waals surface area contributed by atoms with Gasteiger partial charge in [0.25, 0.3) is 5.56 Å². The first kappa shape index (κ1) is 18.9. The lowest BCUT2D eigenvalue weighted by Crippen LogP contribution is -2.08. The number of aryl methyl sites for hydroxylation is 3. The first-order valence-electron chi connectivity index (χ1n) is 8.90. The van der Waals surface area contributed by atoms with Crippen LogP contribution in [0.3, 0.4) is 0 Å². The normalized spacial score (nSPS) is 11.3. The van der Waals surface area contributed by atoms with Gasteiger partial charge in [0.05, 0.1) is 5.39 Å². The summed E-state index contributed by atoms with van der Waals surface area (Å²) < 4.78 is 13.3. The van der Waals surface area contributed by atoms with E-state index in [-0.39, 0.29) is 11.4 Å². The van der Waals surface area contributed by atoms with Crippen LogP contribution >= 0.6 is 23.1 Å². The zero-order valence-corrected chi connectivity index (χ0v) is 17.4. The Morgan fingerprint density at radius 3 is 2.61 bits per heavy atom. The van der Waals surface area contributed by atoms with Gasteiger partial charge in [0.1, 0.15) is 10.6 Å². The average Bonchev–Trinajstić information content (AvgIpc) is 2.99. The van der Waals surface area contributed by atoms with Crippen LogP contribution in [0.25, 0.3) is 21.3 Å². The van der Waals surface area contributed by atoms with Crippen molar-refractivity contribution >= 4 is 33.3 Å². The molecule has 0 spiro atoms. The second-order valence-corrected chi connectivity index (χ2v) is 8.98. The highest BCUT2D eigenvalue weighted by Crippen LogP contribution is 2.36. The number of benzene rings is 2. The molecule has 0 aliphatic rings. The van der Waals surface area contributed by atoms with Crippen molar-refractivity contribution in [3.8, 4) is 11.1 Å². The van der Waals surface area contributed by atoms with Crippen molar-refractivity contribution < 1.29 is 4.39 Å². The number of aromatic nitrogens is 2. The molecule has 0 bridgehead atoms. The van der Waals surface area contributed by atoms with E-state index in [9.17, 15) is 9.18 Å². The number of thioether (sulfide) groups is 1. The molecular weight excluding hydrogens is 391 g/mol. The Balaban J connectivity index is 1.71. The fourth-order valence-electron chi connectivity index (χ4n) is 3.23. The van der Waals surface area contributed by atoms with E-state index >= 15 is 0 Å². The molecule has 0 saturated carbocycles. The van der Waals surface area contributed by atoms with E-state index in [1.807, 2.05) is 6.92 Å². The van der Waals surface area contributed by atoms with E-state index in [1.165, 1.54) is 51.9 Å². The van der Waals surface area contributed by atoms with E-state index in [0.717, 1.165) is 21.8 Å². The Labute approximate surface area is 170 Å². The third-order valence-electron chi connectivity index (χ3n) is 4.72. The van der Waals surface area contributed by atoms with Crippen molar-refractivity contribution in [2.75, 3.05) is 0 Å². The monoisotopic (exact) mass is 410 g/mol. The minimum Gasteiger partial charge on any atom is -0.301 e. The molecule has 3 nitrogen and oxygen atoms in total. The van der Waals surface area contributed by atoms with Gasteiger partial charge in [0.15, 0.2) is 5.16 Å². The Morgan fingerprint density at radius 1 is 1.11 bits per heavy atom. The number of thiophene rings is 1. The number of aromatic amines is 1. The molecule has 4 aromatic rings. The SMILES string of the molecule is Cc1ccc(C)c(CSc2nc3sc(C)c(-c4ccc(F)cc4)c3c(=O)[nH]2)c1. The van der Waals surface area contributed by atoms with Crippen molar-refractivity contribution in [1.82, 2.24) is 9.97 Å². The maximum Gasteiger partial charge on any atom is 0.260 e. The van der Waals surface area contributed by atoms with Crippen LogP contribution in [0.2, 0.25) is 0 Å². The van der Waals surface area contributed by atoms with Gasteiger partial charge < -0.3 is 4.98 Å². The lowest BCUT2D eigenvalue weighted by atomic mass is 10.0. The predicted octanol–water partition coefficient (Wildman–Crippen LogP) is 6.01. The number of hydrogen-bond acceptors (Lipinski definition) is 4. The van der Waals surface area contributed by atoms with Crippen LogP contribution in [0.5, 0.6) is 0 Å². The average molecular weight is 411 g/mol. The van der Waals surface area contributed by atoms with Crippen LogP contribution in [0.4, 0.5) is 4.39 Å². The molecule has 1 N–H and O–H groups in total. The Hall–Kier alpha value is -2.44. The summed E-state index contributed by atoms with van der Waals surface area (Å²) >= 11 is 3.02. The highest BCUT2D eigenvalue weighted by atomic mass is 32.2. The third-order valence-corrected chi connectivity index (χ3v) is 6.64. The van der Waals surface area contributed by atoms with Crippen molar-refractivity contribution in [3.05, 3.63) is 80.2 Å². The Morgan fingerprint density at radius 2 is 1.86 bits per heavy atom. The van der Waals surface area contributed by atoms with Crippen LogP contribution in [-0.4, -0.2) is 9.97 Å². The van der Waals surface area contributed by atoms with E-state index in [4.69, 9.17) is 0 Å². The van der Waals surface area contributed by atoms with Crippen molar-refractivity contribution in [2.45, 2.75) is 31.7 Å². The highest BCUT2D eigenvalue weighted by molar-refractivity contribution is 7.98. The van der Waals surface area contributed by atoms with Gasteiger partial charge in [-0.15, -0.1) is 11.3 Å². The number of halogens is 1. The molecule has 0 saturated heterocycles. The zero-order valence-electron chi connectivity index (χ0n) is 15.8. The predicted molar refractivity (Wildman–Crippen MR) is 116 cm³/mol. The fraction of sp³-hybridized carbons (Fsp3) is 0.182. The van der Waals surface area contributed by atoms with Crippen molar-refractivity contribution in [1.29, 1.82) is 0 Å². The van der Waals surface area contributed by atoms with Gasteiger partial charge in [-0.1, -0.05) is 47.7 Å². The second kappa shape index (κ2) is 7.53. The standard InChI is InChI=1S/C22H19FN2OS2/c1-12-4-5-13(2)16(10-12)11-27-22-24-20(26)19-18(14(3)28-21(19)25-22)15-6-8-17(23)9-7-15/h4-10H,11H2,1-3H3,(H,24,25,26). The molecule has 2 aromatic carbocycles. The number of H-pyrrole nitrogens is 1. The maximum absolute atomic E-state index is 13.3. The number of nitrogens with one attached hydrogen (secondary N) is 1. The van der Waals surface area contributed by atoms with Crippen molar-refractivity contribution in [2.24, 2.45) is 0 Å². The lowest BCUT2D eigenvalue weighted by Gasteiger charge is -2.07. The van der Waals surface area contributed by atoms with Crippen LogP contribution in [0.1, 0.15) is 21.6 Å². The van der Waals surface area contributed by atoms with E-state index in [0.29, 0.717) is 15.4 Å². The molecule has 142 valence electrons. The summed E-state index contributed by atoms with van der Waals surface area (Å²) in [7, 11) is 0. The summed E-state index contributed by atoms with van der Waals surface area (Å²) in [6, 6.07) is 12.6. The molecule has 4 rings (SSSR count). The van der Waals surface area contributed by atoms with Gasteiger partial charge in [0, 0.05) is 16.2 Å². The quantitative estimate of drug-likeness (QED) is 0.331. The molecule has 2 heterocycles. The number of hydrogen-bond donors (Lipinski definition) is 1.